The number of rotatable bonds is 5. The molecule has 0 fully saturated rings. The second-order valence-electron chi connectivity index (χ2n) is 18.4. The van der Waals surface area contributed by atoms with E-state index in [-0.39, 0.29) is 6.17 Å². The highest BCUT2D eigenvalue weighted by molar-refractivity contribution is 6.21. The molecule has 69 heavy (non-hydrogen) atoms. The average Bonchev–Trinajstić information content (AvgIpc) is 4.05. The quantitative estimate of drug-likeness (QED) is 0.181. The van der Waals surface area contributed by atoms with Gasteiger partial charge in [0.05, 0.1) is 22.1 Å². The largest absolute Gasteiger partial charge is 0.454 e. The van der Waals surface area contributed by atoms with Crippen LogP contribution in [0.25, 0.3) is 109 Å². The van der Waals surface area contributed by atoms with Crippen LogP contribution < -0.4 is 10.6 Å². The van der Waals surface area contributed by atoms with Gasteiger partial charge in [-0.3, -0.25) is 5.32 Å². The molecule has 2 unspecified atom stereocenters. The van der Waals surface area contributed by atoms with Crippen LogP contribution in [0.5, 0.6) is 0 Å². The number of benzene rings is 11. The van der Waals surface area contributed by atoms with Crippen LogP contribution in [0.15, 0.2) is 234 Å². The molecule has 2 atom stereocenters. The van der Waals surface area contributed by atoms with E-state index in [4.69, 9.17) is 9.41 Å². The molecule has 14 aromatic rings. The first-order valence-electron chi connectivity index (χ1n) is 23.7. The number of nitrogens with one attached hydrogen (secondary N) is 2. The summed E-state index contributed by atoms with van der Waals surface area (Å²) in [5.74, 6) is 0.774. The topological polar surface area (TPSA) is 59.4 Å². The summed E-state index contributed by atoms with van der Waals surface area (Å²) in [6.45, 7) is 0. The summed E-state index contributed by atoms with van der Waals surface area (Å²) in [6, 6.07) is 81.1. The first-order valence-corrected chi connectivity index (χ1v) is 23.7. The van der Waals surface area contributed by atoms with E-state index >= 15 is 0 Å². The van der Waals surface area contributed by atoms with Gasteiger partial charge in [0.1, 0.15) is 29.4 Å². The molecule has 0 radical (unpaired) electrons. The maximum Gasteiger partial charge on any atom is 0.160 e. The monoisotopic (exact) mass is 883 g/mol. The van der Waals surface area contributed by atoms with Gasteiger partial charge in [-0.2, -0.15) is 0 Å². The number of para-hydroxylation sites is 2. The summed E-state index contributed by atoms with van der Waals surface area (Å²) in [5, 5.41) is 21.9. The Morgan fingerprint density at radius 2 is 0.928 bits per heavy atom. The smallest absolute Gasteiger partial charge is 0.160 e. The van der Waals surface area contributed by atoms with Crippen molar-refractivity contribution in [1.82, 2.24) is 19.8 Å². The molecular formula is C63H41N5O. The van der Waals surface area contributed by atoms with E-state index in [0.29, 0.717) is 0 Å². The van der Waals surface area contributed by atoms with Gasteiger partial charge in [0, 0.05) is 43.6 Å². The zero-order chi connectivity index (χ0) is 45.2. The molecule has 1 aliphatic heterocycles. The van der Waals surface area contributed by atoms with Crippen molar-refractivity contribution in [1.29, 1.82) is 0 Å². The van der Waals surface area contributed by atoms with Gasteiger partial charge in [-0.15, -0.1) is 0 Å². The first-order chi connectivity index (χ1) is 34.2. The average molecular weight is 884 g/mol. The van der Waals surface area contributed by atoms with Gasteiger partial charge in [0.2, 0.25) is 0 Å². The molecule has 0 spiro atoms. The van der Waals surface area contributed by atoms with E-state index in [9.17, 15) is 0 Å². The zero-order valence-corrected chi connectivity index (χ0v) is 37.3. The summed E-state index contributed by atoms with van der Waals surface area (Å²) in [5.41, 5.74) is 11.3. The SMILES string of the molecule is c1ccc(C2NC(c3ccc4c(oc5cc6ccccc6cc54)c3-n3c4cc5ccccc5cc4c4cc5ccccc5cc43)=NC(c3ccc4c5ccccc5n(-c5ccccc5)c4c3)N2)cc1. The Labute approximate surface area is 396 Å². The van der Waals surface area contributed by atoms with Crippen molar-refractivity contribution < 1.29 is 4.42 Å². The fraction of sp³-hybridized carbons (Fsp3) is 0.0317. The minimum Gasteiger partial charge on any atom is -0.454 e. The highest BCUT2D eigenvalue weighted by atomic mass is 16.3. The van der Waals surface area contributed by atoms with Crippen LogP contribution in [0.1, 0.15) is 29.0 Å². The molecule has 15 rings (SSSR count). The maximum atomic E-state index is 7.25. The molecule has 0 aliphatic carbocycles. The molecule has 0 bridgehead atoms. The number of hydrogen-bond donors (Lipinski definition) is 2. The highest BCUT2D eigenvalue weighted by Crippen LogP contribution is 2.44. The Morgan fingerprint density at radius 3 is 1.61 bits per heavy atom. The van der Waals surface area contributed by atoms with Crippen molar-refractivity contribution >= 4 is 104 Å². The normalized spacial score (nSPS) is 15.4. The number of nitrogens with zero attached hydrogens (tertiary/aromatic N) is 3. The predicted octanol–water partition coefficient (Wildman–Crippen LogP) is 15.6. The molecule has 1 aliphatic rings. The van der Waals surface area contributed by atoms with E-state index in [1.165, 1.54) is 54.0 Å². The van der Waals surface area contributed by atoms with Crippen LogP contribution in [0.4, 0.5) is 0 Å². The third-order valence-electron chi connectivity index (χ3n) is 14.5. The molecule has 324 valence electrons. The maximum absolute atomic E-state index is 7.25. The standard InChI is InChI=1S/C63H41N5O/c1-3-15-38(16-4-1)61-64-62(45-27-28-48-47-25-13-14-26-54(47)67(55(48)36-45)46-23-5-2-6-24-46)66-63(65-61)50-30-29-49-53-33-41-19-9-12-22-44(41)37-58(53)69-60(49)59(50)68-56-34-42-20-10-7-17-39(42)31-51(56)52-32-40-18-8-11-21-43(40)35-57(52)68/h1-37,61-62,64H,(H,65,66). The number of aliphatic imine (C=N–C) groups is 1. The van der Waals surface area contributed by atoms with E-state index in [0.717, 1.165) is 77.8 Å². The molecule has 3 aromatic heterocycles. The van der Waals surface area contributed by atoms with Crippen LogP contribution in [0.2, 0.25) is 0 Å². The number of amidine groups is 1. The third-order valence-corrected chi connectivity index (χ3v) is 14.5. The lowest BCUT2D eigenvalue weighted by atomic mass is 10.0. The van der Waals surface area contributed by atoms with Gasteiger partial charge in [-0.25, -0.2) is 4.99 Å². The fourth-order valence-electron chi connectivity index (χ4n) is 11.2. The van der Waals surface area contributed by atoms with Crippen molar-refractivity contribution in [3.8, 4) is 11.4 Å². The molecule has 2 N–H and O–H groups in total. The van der Waals surface area contributed by atoms with Crippen LogP contribution in [0, 0.1) is 0 Å². The Bertz CT molecular complexity index is 4350. The van der Waals surface area contributed by atoms with Crippen LogP contribution >= 0.6 is 0 Å². The molecule has 4 heterocycles. The van der Waals surface area contributed by atoms with E-state index < -0.39 is 6.17 Å². The third kappa shape index (κ3) is 5.86. The molecule has 6 nitrogen and oxygen atoms in total. The highest BCUT2D eigenvalue weighted by Gasteiger charge is 2.30. The Hall–Kier alpha value is -8.97. The van der Waals surface area contributed by atoms with Crippen molar-refractivity contribution in [3.63, 3.8) is 0 Å². The lowest BCUT2D eigenvalue weighted by Crippen LogP contribution is -2.45. The van der Waals surface area contributed by atoms with Gasteiger partial charge in [-0.05, 0) is 116 Å². The van der Waals surface area contributed by atoms with Crippen molar-refractivity contribution in [2.75, 3.05) is 0 Å². The second kappa shape index (κ2) is 14.8. The molecule has 11 aromatic carbocycles. The van der Waals surface area contributed by atoms with Crippen LogP contribution in [-0.4, -0.2) is 15.0 Å². The van der Waals surface area contributed by atoms with Crippen molar-refractivity contribution in [3.05, 3.63) is 241 Å². The summed E-state index contributed by atoms with van der Waals surface area (Å²) < 4.78 is 12.1. The Balaban J connectivity index is 1.03. The lowest BCUT2D eigenvalue weighted by Gasteiger charge is -2.33. The first kappa shape index (κ1) is 38.2. The second-order valence-corrected chi connectivity index (χ2v) is 18.4. The van der Waals surface area contributed by atoms with Crippen molar-refractivity contribution in [2.24, 2.45) is 4.99 Å². The van der Waals surface area contributed by atoms with Gasteiger partial charge in [0.15, 0.2) is 5.58 Å². The number of hydrogen-bond acceptors (Lipinski definition) is 4. The predicted molar refractivity (Wildman–Crippen MR) is 286 cm³/mol. The number of aromatic nitrogens is 2. The van der Waals surface area contributed by atoms with E-state index in [1.807, 2.05) is 0 Å². The molecule has 0 saturated heterocycles. The summed E-state index contributed by atoms with van der Waals surface area (Å²) >= 11 is 0. The van der Waals surface area contributed by atoms with Gasteiger partial charge >= 0.3 is 0 Å². The minimum atomic E-state index is -0.409. The van der Waals surface area contributed by atoms with Crippen molar-refractivity contribution in [2.45, 2.75) is 12.3 Å². The summed E-state index contributed by atoms with van der Waals surface area (Å²) in [6.07, 6.45) is -0.677. The number of furan rings is 1. The van der Waals surface area contributed by atoms with E-state index in [1.54, 1.807) is 0 Å². The molecule has 0 amide bonds. The van der Waals surface area contributed by atoms with Crippen LogP contribution in [-0.2, 0) is 0 Å². The van der Waals surface area contributed by atoms with E-state index in [2.05, 4.69) is 244 Å². The Morgan fingerprint density at radius 1 is 0.391 bits per heavy atom. The molecule has 0 saturated carbocycles. The Kier molecular flexibility index (Phi) is 8.17. The summed E-state index contributed by atoms with van der Waals surface area (Å²) in [7, 11) is 0. The summed E-state index contributed by atoms with van der Waals surface area (Å²) in [4.78, 5) is 5.73. The molecule has 6 heteroatoms. The number of fused-ring (bicyclic) bond motifs is 12. The lowest BCUT2D eigenvalue weighted by molar-refractivity contribution is 0.409. The minimum absolute atomic E-state index is 0.269. The van der Waals surface area contributed by atoms with Gasteiger partial charge in [0.25, 0.3) is 0 Å². The fourth-order valence-corrected chi connectivity index (χ4v) is 11.2. The van der Waals surface area contributed by atoms with Gasteiger partial charge < -0.3 is 18.9 Å². The van der Waals surface area contributed by atoms with Crippen LogP contribution in [0.3, 0.4) is 0 Å². The molecular weight excluding hydrogens is 843 g/mol. The van der Waals surface area contributed by atoms with Gasteiger partial charge in [-0.1, -0.05) is 152 Å². The zero-order valence-electron chi connectivity index (χ0n) is 37.3.